The van der Waals surface area contributed by atoms with Gasteiger partial charge in [0.05, 0.1) is 6.10 Å². The minimum Gasteiger partial charge on any atom is -0.396 e. The lowest BCUT2D eigenvalue weighted by Gasteiger charge is -2.25. The van der Waals surface area contributed by atoms with E-state index in [-0.39, 0.29) is 0 Å². The molecule has 0 unspecified atom stereocenters. The molecular formula is C12H24O3. The van der Waals surface area contributed by atoms with Gasteiger partial charge in [-0.3, -0.25) is 0 Å². The second-order valence-electron chi connectivity index (χ2n) is 4.38. The van der Waals surface area contributed by atoms with Crippen LogP contribution in [0.5, 0.6) is 0 Å². The quantitative estimate of drug-likeness (QED) is 0.767. The Hall–Kier alpha value is -0.120. The van der Waals surface area contributed by atoms with Gasteiger partial charge in [0.1, 0.15) is 0 Å². The van der Waals surface area contributed by atoms with Gasteiger partial charge in [0.25, 0.3) is 0 Å². The Labute approximate surface area is 92.8 Å². The summed E-state index contributed by atoms with van der Waals surface area (Å²) >= 11 is 0. The predicted octanol–water partition coefficient (Wildman–Crippen LogP) is 1.98. The van der Waals surface area contributed by atoms with Gasteiger partial charge in [-0.05, 0) is 44.4 Å². The largest absolute Gasteiger partial charge is 0.396 e. The van der Waals surface area contributed by atoms with Crippen LogP contribution >= 0.6 is 0 Å². The monoisotopic (exact) mass is 216 g/mol. The highest BCUT2D eigenvalue weighted by Gasteiger charge is 2.19. The molecule has 1 N–H and O–H groups in total. The predicted molar refractivity (Wildman–Crippen MR) is 59.9 cm³/mol. The van der Waals surface area contributed by atoms with Crippen molar-refractivity contribution in [2.45, 2.75) is 44.6 Å². The van der Waals surface area contributed by atoms with Crippen molar-refractivity contribution in [1.82, 2.24) is 0 Å². The zero-order valence-corrected chi connectivity index (χ0v) is 9.78. The molecule has 1 aliphatic carbocycles. The molecule has 90 valence electrons. The molecule has 0 aromatic rings. The number of hydrogen-bond donors (Lipinski definition) is 1. The minimum atomic E-state index is 0.358. The summed E-state index contributed by atoms with van der Waals surface area (Å²) in [7, 11) is 1.77. The Bertz CT molecular complexity index is 118. The van der Waals surface area contributed by atoms with Gasteiger partial charge in [0, 0.05) is 26.9 Å². The van der Waals surface area contributed by atoms with E-state index in [1.54, 1.807) is 7.11 Å². The van der Waals surface area contributed by atoms with E-state index in [9.17, 15) is 0 Å². The van der Waals surface area contributed by atoms with Crippen molar-refractivity contribution in [2.24, 2.45) is 5.92 Å². The highest BCUT2D eigenvalue weighted by atomic mass is 16.5. The molecule has 2 aliphatic rings. The summed E-state index contributed by atoms with van der Waals surface area (Å²) in [5.74, 6) is 0.548. The number of rotatable bonds is 2. The molecule has 1 saturated carbocycles. The Morgan fingerprint density at radius 2 is 1.73 bits per heavy atom. The van der Waals surface area contributed by atoms with E-state index < -0.39 is 0 Å². The SMILES string of the molecule is C1CCOC1.COC1CCC(CO)CC1. The van der Waals surface area contributed by atoms with E-state index in [2.05, 4.69) is 0 Å². The molecule has 1 heterocycles. The van der Waals surface area contributed by atoms with E-state index in [4.69, 9.17) is 14.6 Å². The van der Waals surface area contributed by atoms with Gasteiger partial charge in [-0.25, -0.2) is 0 Å². The average molecular weight is 216 g/mol. The first-order chi connectivity index (χ1) is 7.36. The third-order valence-electron chi connectivity index (χ3n) is 3.21. The van der Waals surface area contributed by atoms with Gasteiger partial charge in [-0.15, -0.1) is 0 Å². The number of methoxy groups -OCH3 is 1. The maximum atomic E-state index is 8.81. The van der Waals surface area contributed by atoms with Gasteiger partial charge in [0.2, 0.25) is 0 Å². The molecule has 1 saturated heterocycles. The van der Waals surface area contributed by atoms with Crippen LogP contribution in [0.25, 0.3) is 0 Å². The van der Waals surface area contributed by atoms with E-state index >= 15 is 0 Å². The summed E-state index contributed by atoms with van der Waals surface area (Å²) in [6.45, 7) is 2.36. The first kappa shape index (κ1) is 12.9. The van der Waals surface area contributed by atoms with Crippen LogP contribution in [-0.2, 0) is 9.47 Å². The lowest BCUT2D eigenvalue weighted by molar-refractivity contribution is 0.0457. The molecule has 15 heavy (non-hydrogen) atoms. The second-order valence-corrected chi connectivity index (χ2v) is 4.38. The van der Waals surface area contributed by atoms with Crippen LogP contribution in [0, 0.1) is 5.92 Å². The van der Waals surface area contributed by atoms with E-state index in [1.165, 1.54) is 12.8 Å². The first-order valence-electron chi connectivity index (χ1n) is 6.08. The molecule has 1 aliphatic heterocycles. The van der Waals surface area contributed by atoms with Crippen molar-refractivity contribution in [3.8, 4) is 0 Å². The molecule has 2 rings (SSSR count). The van der Waals surface area contributed by atoms with Crippen molar-refractivity contribution < 1.29 is 14.6 Å². The fourth-order valence-electron chi connectivity index (χ4n) is 2.06. The number of hydrogen-bond acceptors (Lipinski definition) is 3. The van der Waals surface area contributed by atoms with Gasteiger partial charge in [-0.2, -0.15) is 0 Å². The standard InChI is InChI=1S/C8H16O2.C4H8O/c1-10-8-4-2-7(6-9)3-5-8;1-2-4-5-3-1/h7-9H,2-6H2,1H3;1-4H2. The lowest BCUT2D eigenvalue weighted by atomic mass is 9.88. The summed E-state index contributed by atoms with van der Waals surface area (Å²) in [5, 5.41) is 8.81. The van der Waals surface area contributed by atoms with Gasteiger partial charge in [0.15, 0.2) is 0 Å². The van der Waals surface area contributed by atoms with Crippen LogP contribution in [0.3, 0.4) is 0 Å². The van der Waals surface area contributed by atoms with Gasteiger partial charge in [-0.1, -0.05) is 0 Å². The second kappa shape index (κ2) is 8.08. The topological polar surface area (TPSA) is 38.7 Å². The van der Waals surface area contributed by atoms with Crippen LogP contribution in [0.2, 0.25) is 0 Å². The normalized spacial score (nSPS) is 30.8. The summed E-state index contributed by atoms with van der Waals surface area (Å²) < 4.78 is 10.1. The summed E-state index contributed by atoms with van der Waals surface area (Å²) in [6, 6.07) is 0. The zero-order chi connectivity index (χ0) is 10.9. The molecule has 0 bridgehead atoms. The van der Waals surface area contributed by atoms with Crippen molar-refractivity contribution >= 4 is 0 Å². The third-order valence-corrected chi connectivity index (χ3v) is 3.21. The first-order valence-corrected chi connectivity index (χ1v) is 6.08. The molecule has 0 amide bonds. The molecule has 3 heteroatoms. The van der Waals surface area contributed by atoms with Crippen molar-refractivity contribution in [3.05, 3.63) is 0 Å². The summed E-state index contributed by atoms with van der Waals surface area (Å²) in [4.78, 5) is 0. The molecule has 0 aromatic heterocycles. The smallest absolute Gasteiger partial charge is 0.0571 e. The van der Waals surface area contributed by atoms with Crippen molar-refractivity contribution in [2.75, 3.05) is 26.9 Å². The molecule has 0 atom stereocenters. The van der Waals surface area contributed by atoms with Crippen LogP contribution in [0.15, 0.2) is 0 Å². The van der Waals surface area contributed by atoms with Crippen LogP contribution in [0.4, 0.5) is 0 Å². The number of aliphatic hydroxyl groups is 1. The number of ether oxygens (including phenoxy) is 2. The zero-order valence-electron chi connectivity index (χ0n) is 9.78. The average Bonchev–Trinajstić information content (AvgIpc) is 2.88. The lowest BCUT2D eigenvalue weighted by Crippen LogP contribution is -2.21. The Morgan fingerprint density at radius 3 is 2.07 bits per heavy atom. The fraction of sp³-hybridized carbons (Fsp3) is 1.00. The van der Waals surface area contributed by atoms with Crippen LogP contribution in [0.1, 0.15) is 38.5 Å². The van der Waals surface area contributed by atoms with E-state index in [0.717, 1.165) is 38.9 Å². The molecule has 0 spiro atoms. The molecular weight excluding hydrogens is 192 g/mol. The highest BCUT2D eigenvalue weighted by Crippen LogP contribution is 2.24. The summed E-state index contributed by atoms with van der Waals surface area (Å²) in [6.07, 6.45) is 7.54. The maximum Gasteiger partial charge on any atom is 0.0571 e. The molecule has 0 aromatic carbocycles. The van der Waals surface area contributed by atoms with Gasteiger partial charge >= 0.3 is 0 Å². The van der Waals surface area contributed by atoms with Crippen molar-refractivity contribution in [1.29, 1.82) is 0 Å². The Kier molecular flexibility index (Phi) is 6.98. The van der Waals surface area contributed by atoms with Gasteiger partial charge < -0.3 is 14.6 Å². The van der Waals surface area contributed by atoms with Crippen LogP contribution < -0.4 is 0 Å². The molecule has 2 fully saturated rings. The highest BCUT2D eigenvalue weighted by molar-refractivity contribution is 4.71. The van der Waals surface area contributed by atoms with E-state index in [1.807, 2.05) is 0 Å². The number of aliphatic hydroxyl groups excluding tert-OH is 1. The van der Waals surface area contributed by atoms with Crippen LogP contribution in [-0.4, -0.2) is 38.1 Å². The van der Waals surface area contributed by atoms with E-state index in [0.29, 0.717) is 18.6 Å². The van der Waals surface area contributed by atoms with Crippen molar-refractivity contribution in [3.63, 3.8) is 0 Å². The molecule has 0 radical (unpaired) electrons. The Morgan fingerprint density at radius 1 is 1.13 bits per heavy atom. The third kappa shape index (κ3) is 5.50. The minimum absolute atomic E-state index is 0.358. The molecule has 3 nitrogen and oxygen atoms in total. The fourth-order valence-corrected chi connectivity index (χ4v) is 2.06. The Balaban J connectivity index is 0.000000187. The maximum absolute atomic E-state index is 8.81. The summed E-state index contributed by atoms with van der Waals surface area (Å²) in [5.41, 5.74) is 0.